The molecule has 1 aliphatic carbocycles. The molecule has 0 aliphatic heterocycles. The van der Waals surface area contributed by atoms with E-state index in [-0.39, 0.29) is 5.54 Å². The molecule has 1 saturated carbocycles. The van der Waals surface area contributed by atoms with Crippen LogP contribution in [0.5, 0.6) is 0 Å². The van der Waals surface area contributed by atoms with Gasteiger partial charge >= 0.3 is 0 Å². The van der Waals surface area contributed by atoms with Crippen molar-refractivity contribution in [2.75, 3.05) is 0 Å². The lowest BCUT2D eigenvalue weighted by atomic mass is 10.2. The summed E-state index contributed by atoms with van der Waals surface area (Å²) in [5.74, 6) is 0. The normalized spacial score (nSPS) is 17.5. The zero-order chi connectivity index (χ0) is 11.7. The van der Waals surface area contributed by atoms with Gasteiger partial charge in [0.25, 0.3) is 0 Å². The highest BCUT2D eigenvalue weighted by atomic mass is 79.9. The quantitative estimate of drug-likeness (QED) is 0.734. The number of rotatable bonds is 3. The second kappa shape index (κ2) is 4.39. The average molecular weight is 306 g/mol. The molecule has 0 N–H and O–H groups in total. The SMILES string of the molecule is Brc1ccsc1C1(N=Cc2ccccc2)CC1. The molecule has 0 unspecified atom stereocenters. The molecule has 3 rings (SSSR count). The molecule has 1 nitrogen and oxygen atoms in total. The monoisotopic (exact) mass is 305 g/mol. The number of aliphatic imine (C=N–C) groups is 1. The second-order valence-corrected chi connectivity index (χ2v) is 6.07. The van der Waals surface area contributed by atoms with E-state index in [1.165, 1.54) is 14.9 Å². The highest BCUT2D eigenvalue weighted by Gasteiger charge is 2.46. The Morgan fingerprint density at radius 3 is 2.53 bits per heavy atom. The third kappa shape index (κ3) is 2.22. The van der Waals surface area contributed by atoms with Gasteiger partial charge in [0.2, 0.25) is 0 Å². The molecule has 0 spiro atoms. The van der Waals surface area contributed by atoms with Crippen LogP contribution in [-0.4, -0.2) is 6.21 Å². The summed E-state index contributed by atoms with van der Waals surface area (Å²) in [5, 5.41) is 2.12. The average Bonchev–Trinajstić information content (AvgIpc) is 3.03. The van der Waals surface area contributed by atoms with Gasteiger partial charge in [0, 0.05) is 15.6 Å². The van der Waals surface area contributed by atoms with E-state index < -0.39 is 0 Å². The predicted octanol–water partition coefficient (Wildman–Crippen LogP) is 4.62. The van der Waals surface area contributed by atoms with Crippen molar-refractivity contribution in [1.29, 1.82) is 0 Å². The molecule has 3 heteroatoms. The molecular formula is C14H12BrNS. The molecule has 1 fully saturated rings. The molecule has 0 bridgehead atoms. The van der Waals surface area contributed by atoms with Crippen molar-refractivity contribution < 1.29 is 0 Å². The van der Waals surface area contributed by atoms with Crippen molar-refractivity contribution in [3.8, 4) is 0 Å². The first-order valence-corrected chi connectivity index (χ1v) is 7.31. The van der Waals surface area contributed by atoms with E-state index in [2.05, 4.69) is 39.5 Å². The Labute approximate surface area is 113 Å². The van der Waals surface area contributed by atoms with Gasteiger partial charge in [-0.05, 0) is 45.8 Å². The number of thiophene rings is 1. The maximum atomic E-state index is 4.80. The zero-order valence-corrected chi connectivity index (χ0v) is 11.7. The predicted molar refractivity (Wildman–Crippen MR) is 77.0 cm³/mol. The van der Waals surface area contributed by atoms with Gasteiger partial charge in [-0.3, -0.25) is 4.99 Å². The minimum absolute atomic E-state index is 0.0584. The Morgan fingerprint density at radius 1 is 1.18 bits per heavy atom. The largest absolute Gasteiger partial charge is 0.280 e. The molecule has 0 atom stereocenters. The van der Waals surface area contributed by atoms with Crippen molar-refractivity contribution in [2.24, 2.45) is 4.99 Å². The molecule has 17 heavy (non-hydrogen) atoms. The lowest BCUT2D eigenvalue weighted by molar-refractivity contribution is 0.763. The van der Waals surface area contributed by atoms with Crippen LogP contribution in [0.25, 0.3) is 0 Å². The fraction of sp³-hybridized carbons (Fsp3) is 0.214. The fourth-order valence-electron chi connectivity index (χ4n) is 1.90. The Morgan fingerprint density at radius 2 is 1.94 bits per heavy atom. The van der Waals surface area contributed by atoms with Crippen LogP contribution < -0.4 is 0 Å². The van der Waals surface area contributed by atoms with Crippen LogP contribution in [0, 0.1) is 0 Å². The summed E-state index contributed by atoms with van der Waals surface area (Å²) < 4.78 is 1.20. The van der Waals surface area contributed by atoms with Gasteiger partial charge in [0.1, 0.15) is 0 Å². The Kier molecular flexibility index (Phi) is 2.89. The number of hydrogen-bond donors (Lipinski definition) is 0. The Bertz CT molecular complexity index is 540. The second-order valence-electron chi connectivity index (χ2n) is 4.30. The third-order valence-electron chi connectivity index (χ3n) is 3.02. The van der Waals surface area contributed by atoms with Gasteiger partial charge in [-0.1, -0.05) is 30.3 Å². The summed E-state index contributed by atoms with van der Waals surface area (Å²) in [6.07, 6.45) is 4.32. The number of halogens is 1. The maximum absolute atomic E-state index is 4.80. The molecule has 2 aromatic rings. The highest BCUT2D eigenvalue weighted by Crippen LogP contribution is 2.53. The summed E-state index contributed by atoms with van der Waals surface area (Å²) in [5.41, 5.74) is 1.23. The van der Waals surface area contributed by atoms with Crippen LogP contribution in [0.4, 0.5) is 0 Å². The summed E-state index contributed by atoms with van der Waals surface area (Å²) >= 11 is 5.40. The third-order valence-corrected chi connectivity index (χ3v) is 5.05. The smallest absolute Gasteiger partial charge is 0.0961 e. The van der Waals surface area contributed by atoms with Crippen molar-refractivity contribution in [1.82, 2.24) is 0 Å². The van der Waals surface area contributed by atoms with Crippen LogP contribution in [-0.2, 0) is 5.54 Å². The lowest BCUT2D eigenvalue weighted by Gasteiger charge is -2.07. The first-order valence-electron chi connectivity index (χ1n) is 5.64. The van der Waals surface area contributed by atoms with E-state index in [9.17, 15) is 0 Å². The van der Waals surface area contributed by atoms with E-state index in [0.717, 1.165) is 12.8 Å². The topological polar surface area (TPSA) is 12.4 Å². The van der Waals surface area contributed by atoms with Gasteiger partial charge in [-0.2, -0.15) is 0 Å². The van der Waals surface area contributed by atoms with E-state index in [4.69, 9.17) is 4.99 Å². The molecule has 0 radical (unpaired) electrons. The van der Waals surface area contributed by atoms with Crippen molar-refractivity contribution >= 4 is 33.5 Å². The van der Waals surface area contributed by atoms with E-state index >= 15 is 0 Å². The summed E-state index contributed by atoms with van der Waals surface area (Å²) in [6, 6.07) is 12.4. The summed E-state index contributed by atoms with van der Waals surface area (Å²) in [4.78, 5) is 6.16. The summed E-state index contributed by atoms with van der Waals surface area (Å²) in [6.45, 7) is 0. The Hall–Kier alpha value is -0.930. The molecule has 1 aromatic heterocycles. The standard InChI is InChI=1S/C14H12BrNS/c15-12-6-9-17-13(12)14(7-8-14)16-10-11-4-2-1-3-5-11/h1-6,9-10H,7-8H2. The molecule has 0 amide bonds. The van der Waals surface area contributed by atoms with Crippen molar-refractivity contribution in [3.63, 3.8) is 0 Å². The molecule has 86 valence electrons. The van der Waals surface area contributed by atoms with E-state index in [0.29, 0.717) is 0 Å². The highest BCUT2D eigenvalue weighted by molar-refractivity contribution is 9.10. The van der Waals surface area contributed by atoms with Crippen LogP contribution in [0.15, 0.2) is 51.2 Å². The minimum Gasteiger partial charge on any atom is -0.280 e. The molecular weight excluding hydrogens is 294 g/mol. The first-order chi connectivity index (χ1) is 8.30. The van der Waals surface area contributed by atoms with Gasteiger partial charge < -0.3 is 0 Å². The number of hydrogen-bond acceptors (Lipinski definition) is 2. The maximum Gasteiger partial charge on any atom is 0.0961 e. The van der Waals surface area contributed by atoms with Crippen molar-refractivity contribution in [2.45, 2.75) is 18.4 Å². The number of benzene rings is 1. The number of nitrogens with zero attached hydrogens (tertiary/aromatic N) is 1. The first kappa shape index (κ1) is 11.2. The molecule has 1 heterocycles. The van der Waals surface area contributed by atoms with Crippen LogP contribution in [0.1, 0.15) is 23.3 Å². The molecule has 0 saturated heterocycles. The van der Waals surface area contributed by atoms with E-state index in [1.807, 2.05) is 24.4 Å². The lowest BCUT2D eigenvalue weighted by Crippen LogP contribution is -2.01. The van der Waals surface area contributed by atoms with Crippen LogP contribution in [0.2, 0.25) is 0 Å². The summed E-state index contributed by atoms with van der Waals surface area (Å²) in [7, 11) is 0. The Balaban J connectivity index is 1.87. The van der Waals surface area contributed by atoms with Gasteiger partial charge in [0.15, 0.2) is 0 Å². The van der Waals surface area contributed by atoms with Crippen molar-refractivity contribution in [3.05, 3.63) is 56.7 Å². The van der Waals surface area contributed by atoms with Crippen LogP contribution >= 0.6 is 27.3 Å². The van der Waals surface area contributed by atoms with E-state index in [1.54, 1.807) is 11.3 Å². The van der Waals surface area contributed by atoms with Gasteiger partial charge in [-0.15, -0.1) is 11.3 Å². The minimum atomic E-state index is 0.0584. The molecule has 1 aromatic carbocycles. The van der Waals surface area contributed by atoms with Gasteiger partial charge in [0.05, 0.1) is 5.54 Å². The van der Waals surface area contributed by atoms with Gasteiger partial charge in [-0.25, -0.2) is 0 Å². The molecule has 1 aliphatic rings. The van der Waals surface area contributed by atoms with Crippen LogP contribution in [0.3, 0.4) is 0 Å². The fourth-order valence-corrected chi connectivity index (χ4v) is 3.85. The zero-order valence-electron chi connectivity index (χ0n) is 9.27.